The van der Waals surface area contributed by atoms with Crippen LogP contribution in [0, 0.1) is 0 Å². The highest BCUT2D eigenvalue weighted by Gasteiger charge is 2.26. The van der Waals surface area contributed by atoms with E-state index < -0.39 is 5.91 Å². The van der Waals surface area contributed by atoms with E-state index in [0.29, 0.717) is 41.2 Å². The maximum Gasteiger partial charge on any atom is 0.290 e. The number of benzene rings is 1. The Balaban J connectivity index is 1.66. The predicted octanol–water partition coefficient (Wildman–Crippen LogP) is 0.457. The van der Waals surface area contributed by atoms with E-state index in [2.05, 4.69) is 19.9 Å². The van der Waals surface area contributed by atoms with Gasteiger partial charge in [0.15, 0.2) is 5.82 Å². The van der Waals surface area contributed by atoms with Crippen LogP contribution in [-0.2, 0) is 13.0 Å². The second kappa shape index (κ2) is 6.52. The number of primary amides is 1. The minimum atomic E-state index is -0.527. The molecule has 27 heavy (non-hydrogen) atoms. The molecule has 0 spiro atoms. The van der Waals surface area contributed by atoms with Crippen molar-refractivity contribution < 1.29 is 9.59 Å². The van der Waals surface area contributed by atoms with Gasteiger partial charge in [0.25, 0.3) is 11.5 Å². The lowest BCUT2D eigenvalue weighted by molar-refractivity contribution is 0.0720. The van der Waals surface area contributed by atoms with Gasteiger partial charge in [0.05, 0.1) is 12.2 Å². The van der Waals surface area contributed by atoms with E-state index in [1.165, 1.54) is 6.20 Å². The third-order valence-electron chi connectivity index (χ3n) is 4.50. The lowest BCUT2D eigenvalue weighted by atomic mass is 10.1. The summed E-state index contributed by atoms with van der Waals surface area (Å²) in [5.74, 6) is -0.131. The molecule has 4 N–H and O–H groups in total. The molecule has 2 aromatic heterocycles. The highest BCUT2D eigenvalue weighted by atomic mass is 16.2. The fourth-order valence-electron chi connectivity index (χ4n) is 3.07. The summed E-state index contributed by atoms with van der Waals surface area (Å²) in [5, 5.41) is 0. The number of carbonyl (C=O) groups excluding carboxylic acids is 2. The number of rotatable bonds is 3. The number of H-pyrrole nitrogens is 2. The van der Waals surface area contributed by atoms with Gasteiger partial charge in [-0.1, -0.05) is 12.1 Å². The zero-order valence-corrected chi connectivity index (χ0v) is 14.2. The fourth-order valence-corrected chi connectivity index (χ4v) is 3.07. The van der Waals surface area contributed by atoms with Gasteiger partial charge in [-0.05, 0) is 18.6 Å². The number of carbonyl (C=O) groups is 2. The summed E-state index contributed by atoms with van der Waals surface area (Å²) < 4.78 is 0. The SMILES string of the molecule is NC(=O)c1ccc(-c2nc3c(c(=O)[nH]2)CCN(C(=O)c2ncc[nH]2)C3)cc1. The van der Waals surface area contributed by atoms with Crippen LogP contribution >= 0.6 is 0 Å². The average Bonchev–Trinajstić information content (AvgIpc) is 3.21. The number of imidazole rings is 1. The zero-order valence-electron chi connectivity index (χ0n) is 14.2. The van der Waals surface area contributed by atoms with E-state index in [0.717, 1.165) is 0 Å². The molecule has 0 fully saturated rings. The summed E-state index contributed by atoms with van der Waals surface area (Å²) in [5.41, 5.74) is 7.17. The van der Waals surface area contributed by atoms with Crippen LogP contribution in [0.1, 0.15) is 32.2 Å². The lowest BCUT2D eigenvalue weighted by Crippen LogP contribution is -2.39. The number of nitrogens with zero attached hydrogens (tertiary/aromatic N) is 3. The molecular formula is C18H16N6O3. The first-order valence-corrected chi connectivity index (χ1v) is 8.34. The quantitative estimate of drug-likeness (QED) is 0.620. The molecule has 1 aliphatic heterocycles. The summed E-state index contributed by atoms with van der Waals surface area (Å²) in [6, 6.07) is 6.48. The van der Waals surface area contributed by atoms with Crippen molar-refractivity contribution in [1.29, 1.82) is 0 Å². The lowest BCUT2D eigenvalue weighted by Gasteiger charge is -2.27. The van der Waals surface area contributed by atoms with Gasteiger partial charge in [0, 0.05) is 35.6 Å². The fraction of sp³-hybridized carbons (Fsp3) is 0.167. The number of hydrogen-bond donors (Lipinski definition) is 3. The van der Waals surface area contributed by atoms with Crippen LogP contribution < -0.4 is 11.3 Å². The first-order chi connectivity index (χ1) is 13.0. The number of amides is 2. The van der Waals surface area contributed by atoms with Crippen molar-refractivity contribution in [3.8, 4) is 11.4 Å². The Morgan fingerprint density at radius 2 is 1.96 bits per heavy atom. The number of fused-ring (bicyclic) bond motifs is 1. The molecule has 0 radical (unpaired) electrons. The number of hydrogen-bond acceptors (Lipinski definition) is 5. The molecule has 9 nitrogen and oxygen atoms in total. The Morgan fingerprint density at radius 3 is 2.63 bits per heavy atom. The first kappa shape index (κ1) is 16.7. The van der Waals surface area contributed by atoms with Gasteiger partial charge >= 0.3 is 0 Å². The molecule has 0 saturated carbocycles. The third-order valence-corrected chi connectivity index (χ3v) is 4.50. The topological polar surface area (TPSA) is 138 Å². The maximum absolute atomic E-state index is 12.5. The number of aromatic nitrogens is 4. The van der Waals surface area contributed by atoms with Crippen LogP contribution in [0.5, 0.6) is 0 Å². The van der Waals surface area contributed by atoms with E-state index in [-0.39, 0.29) is 23.8 Å². The number of nitrogens with one attached hydrogen (secondary N) is 2. The highest BCUT2D eigenvalue weighted by molar-refractivity contribution is 5.93. The van der Waals surface area contributed by atoms with Crippen molar-refractivity contribution in [3.63, 3.8) is 0 Å². The molecule has 0 atom stereocenters. The molecule has 0 unspecified atom stereocenters. The van der Waals surface area contributed by atoms with E-state index in [1.54, 1.807) is 35.4 Å². The highest BCUT2D eigenvalue weighted by Crippen LogP contribution is 2.20. The summed E-state index contributed by atoms with van der Waals surface area (Å²) in [7, 11) is 0. The van der Waals surface area contributed by atoms with Crippen molar-refractivity contribution in [2.75, 3.05) is 6.54 Å². The van der Waals surface area contributed by atoms with Crippen molar-refractivity contribution >= 4 is 11.8 Å². The second-order valence-electron chi connectivity index (χ2n) is 6.20. The molecule has 1 aromatic carbocycles. The standard InChI is InChI=1S/C18H16N6O3/c19-14(25)10-1-3-11(4-2-10)15-22-13-9-24(8-5-12(13)17(26)23-15)18(27)16-20-6-7-21-16/h1-4,6-7H,5,8-9H2,(H2,19,25)(H,20,21)(H,22,23,26). The average molecular weight is 364 g/mol. The Kier molecular flexibility index (Phi) is 4.03. The van der Waals surface area contributed by atoms with E-state index in [4.69, 9.17) is 5.73 Å². The zero-order chi connectivity index (χ0) is 19.0. The smallest absolute Gasteiger partial charge is 0.290 e. The normalized spacial score (nSPS) is 13.3. The number of nitrogens with two attached hydrogens (primary N) is 1. The summed E-state index contributed by atoms with van der Waals surface area (Å²) in [6.07, 6.45) is 3.52. The van der Waals surface area contributed by atoms with Crippen LogP contribution in [0.25, 0.3) is 11.4 Å². The van der Waals surface area contributed by atoms with E-state index >= 15 is 0 Å². The molecule has 1 aliphatic rings. The first-order valence-electron chi connectivity index (χ1n) is 8.34. The third kappa shape index (κ3) is 3.10. The second-order valence-corrected chi connectivity index (χ2v) is 6.20. The minimum Gasteiger partial charge on any atom is -0.366 e. The van der Waals surface area contributed by atoms with Crippen molar-refractivity contribution in [2.24, 2.45) is 5.73 Å². The monoisotopic (exact) mass is 364 g/mol. The van der Waals surface area contributed by atoms with E-state index in [1.807, 2.05) is 0 Å². The van der Waals surface area contributed by atoms with Gasteiger partial charge < -0.3 is 20.6 Å². The Hall–Kier alpha value is -3.75. The molecule has 0 aliphatic carbocycles. The van der Waals surface area contributed by atoms with Crippen LogP contribution in [0.3, 0.4) is 0 Å². The van der Waals surface area contributed by atoms with Crippen LogP contribution in [0.15, 0.2) is 41.5 Å². The van der Waals surface area contributed by atoms with Gasteiger partial charge in [0.2, 0.25) is 5.91 Å². The number of aromatic amines is 2. The summed E-state index contributed by atoms with van der Waals surface area (Å²) >= 11 is 0. The van der Waals surface area contributed by atoms with Crippen molar-refractivity contribution in [2.45, 2.75) is 13.0 Å². The molecule has 136 valence electrons. The van der Waals surface area contributed by atoms with Crippen LogP contribution in [0.2, 0.25) is 0 Å². The summed E-state index contributed by atoms with van der Waals surface area (Å²) in [4.78, 5) is 51.8. The molecule has 9 heteroatoms. The molecular weight excluding hydrogens is 348 g/mol. The molecule has 4 rings (SSSR count). The predicted molar refractivity (Wildman–Crippen MR) is 95.8 cm³/mol. The Morgan fingerprint density at radius 1 is 1.19 bits per heavy atom. The molecule has 0 bridgehead atoms. The van der Waals surface area contributed by atoms with Crippen molar-refractivity contribution in [3.05, 3.63) is 69.7 Å². The van der Waals surface area contributed by atoms with Gasteiger partial charge in [-0.2, -0.15) is 0 Å². The molecule has 3 aromatic rings. The molecule has 2 amide bonds. The van der Waals surface area contributed by atoms with Crippen LogP contribution in [0.4, 0.5) is 0 Å². The molecule has 3 heterocycles. The van der Waals surface area contributed by atoms with Gasteiger partial charge in [-0.3, -0.25) is 14.4 Å². The van der Waals surface area contributed by atoms with E-state index in [9.17, 15) is 14.4 Å². The molecule has 0 saturated heterocycles. The minimum absolute atomic E-state index is 0.223. The maximum atomic E-state index is 12.5. The van der Waals surface area contributed by atoms with Crippen LogP contribution in [-0.4, -0.2) is 43.2 Å². The van der Waals surface area contributed by atoms with Gasteiger partial charge in [-0.25, -0.2) is 9.97 Å². The largest absolute Gasteiger partial charge is 0.366 e. The summed E-state index contributed by atoms with van der Waals surface area (Å²) in [6.45, 7) is 0.648. The van der Waals surface area contributed by atoms with Gasteiger partial charge in [0.1, 0.15) is 5.82 Å². The van der Waals surface area contributed by atoms with Gasteiger partial charge in [-0.15, -0.1) is 0 Å². The Bertz CT molecular complexity index is 1070. The Labute approximate surface area is 153 Å². The van der Waals surface area contributed by atoms with Crippen molar-refractivity contribution in [1.82, 2.24) is 24.8 Å².